The number of hydrogen-bond donors (Lipinski definition) is 0. The van der Waals surface area contributed by atoms with Gasteiger partial charge in [-0.3, -0.25) is 9.59 Å². The minimum atomic E-state index is -1.14. The molecule has 8 heteroatoms. The standard InChI is InChI=1S/C38H61NO7/c1-6-8-10-12-14-15-16-17-18-19-20-21-23-25-27-29-37(41)46-34(32-44-31-30-35(38(42)43)39(3,4)5)33-45-36(40)28-26-24-22-13-11-9-7-2/h8-12,14-18,22,24,34-35H,6-7,13,19-21,23,25-33H2,1-5H3/b10-8+,11-9+,14-12+,16-15+,18-17+,24-22+. The van der Waals surface area contributed by atoms with Gasteiger partial charge in [0.1, 0.15) is 12.6 Å². The lowest BCUT2D eigenvalue weighted by Gasteiger charge is -2.34. The predicted molar refractivity (Wildman–Crippen MR) is 185 cm³/mol. The zero-order chi connectivity index (χ0) is 34.3. The first kappa shape index (κ1) is 42.8. The number of rotatable bonds is 28. The molecule has 0 spiro atoms. The first-order valence-corrected chi connectivity index (χ1v) is 17.0. The molecule has 0 aromatic heterocycles. The Morgan fingerprint density at radius 3 is 1.98 bits per heavy atom. The van der Waals surface area contributed by atoms with Gasteiger partial charge >= 0.3 is 11.9 Å². The van der Waals surface area contributed by atoms with Crippen molar-refractivity contribution in [3.63, 3.8) is 0 Å². The van der Waals surface area contributed by atoms with Gasteiger partial charge in [0.2, 0.25) is 0 Å². The number of unbranched alkanes of at least 4 members (excludes halogenated alkanes) is 5. The van der Waals surface area contributed by atoms with Gasteiger partial charge < -0.3 is 28.6 Å². The Bertz CT molecular complexity index is 985. The fourth-order valence-corrected chi connectivity index (χ4v) is 4.31. The molecule has 2 unspecified atom stereocenters. The summed E-state index contributed by atoms with van der Waals surface area (Å²) < 4.78 is 16.9. The van der Waals surface area contributed by atoms with Crippen LogP contribution in [-0.2, 0) is 28.6 Å². The minimum Gasteiger partial charge on any atom is -0.544 e. The van der Waals surface area contributed by atoms with Gasteiger partial charge in [-0.25, -0.2) is 0 Å². The summed E-state index contributed by atoms with van der Waals surface area (Å²) >= 11 is 0. The Morgan fingerprint density at radius 2 is 1.30 bits per heavy atom. The zero-order valence-corrected chi connectivity index (χ0v) is 29.2. The highest BCUT2D eigenvalue weighted by atomic mass is 16.6. The van der Waals surface area contributed by atoms with Crippen LogP contribution in [0, 0.1) is 0 Å². The van der Waals surface area contributed by atoms with Crippen molar-refractivity contribution in [3.05, 3.63) is 72.9 Å². The molecule has 0 amide bonds. The molecule has 46 heavy (non-hydrogen) atoms. The van der Waals surface area contributed by atoms with Crippen molar-refractivity contribution in [2.24, 2.45) is 0 Å². The second-order valence-electron chi connectivity index (χ2n) is 12.1. The summed E-state index contributed by atoms with van der Waals surface area (Å²) in [6.07, 6.45) is 33.9. The minimum absolute atomic E-state index is 0.00843. The van der Waals surface area contributed by atoms with Crippen molar-refractivity contribution in [1.82, 2.24) is 0 Å². The first-order valence-electron chi connectivity index (χ1n) is 17.0. The van der Waals surface area contributed by atoms with Crippen LogP contribution in [0.25, 0.3) is 0 Å². The van der Waals surface area contributed by atoms with Gasteiger partial charge in [0, 0.05) is 19.3 Å². The van der Waals surface area contributed by atoms with Crippen LogP contribution in [0.4, 0.5) is 0 Å². The van der Waals surface area contributed by atoms with Crippen LogP contribution >= 0.6 is 0 Å². The number of carboxylic acids is 1. The number of aliphatic carboxylic acids is 1. The lowest BCUT2D eigenvalue weighted by molar-refractivity contribution is -0.889. The summed E-state index contributed by atoms with van der Waals surface area (Å²) in [5.74, 6) is -1.88. The van der Waals surface area contributed by atoms with E-state index in [9.17, 15) is 19.5 Å². The highest BCUT2D eigenvalue weighted by Crippen LogP contribution is 2.11. The van der Waals surface area contributed by atoms with E-state index in [4.69, 9.17) is 14.2 Å². The van der Waals surface area contributed by atoms with Gasteiger partial charge in [-0.2, -0.15) is 0 Å². The smallest absolute Gasteiger partial charge is 0.306 e. The normalized spacial score (nSPS) is 14.0. The average molecular weight is 644 g/mol. The number of carboxylic acid groups (broad SMARTS) is 1. The molecule has 0 radical (unpaired) electrons. The molecule has 0 saturated heterocycles. The van der Waals surface area contributed by atoms with Gasteiger partial charge in [-0.05, 0) is 44.9 Å². The van der Waals surface area contributed by atoms with E-state index < -0.39 is 18.1 Å². The molecule has 0 heterocycles. The van der Waals surface area contributed by atoms with Crippen LogP contribution in [0.5, 0.6) is 0 Å². The summed E-state index contributed by atoms with van der Waals surface area (Å²) in [5.41, 5.74) is 0. The van der Waals surface area contributed by atoms with Crippen molar-refractivity contribution in [2.75, 3.05) is 41.0 Å². The molecule has 0 aliphatic heterocycles. The van der Waals surface area contributed by atoms with Crippen LogP contribution in [0.15, 0.2) is 72.9 Å². The Labute approximate surface area is 279 Å². The summed E-state index contributed by atoms with van der Waals surface area (Å²) in [5, 5.41) is 11.5. The first-order chi connectivity index (χ1) is 22.1. The molecule has 0 fully saturated rings. The molecule has 2 atom stereocenters. The fourth-order valence-electron chi connectivity index (χ4n) is 4.31. The number of hydrogen-bond acceptors (Lipinski definition) is 7. The molecule has 0 aliphatic carbocycles. The Balaban J connectivity index is 4.55. The topological polar surface area (TPSA) is 102 Å². The summed E-state index contributed by atoms with van der Waals surface area (Å²) in [6, 6.07) is -0.738. The third-order valence-corrected chi connectivity index (χ3v) is 6.95. The number of likely N-dealkylation sites (N-methyl/N-ethyl adjacent to an activating group) is 1. The second-order valence-corrected chi connectivity index (χ2v) is 12.1. The number of carbonyl (C=O) groups is 3. The SMILES string of the molecule is CC/C=C/C=C/C=C/C=C/CCCCCCCC(=O)OC(COCCC(C(=O)[O-])[N+](C)(C)C)COC(=O)CC/C=C/C/C=C/CC. The number of carbonyl (C=O) groups excluding carboxylic acids is 3. The van der Waals surface area contributed by atoms with Gasteiger partial charge in [-0.15, -0.1) is 0 Å². The Hall–Kier alpha value is -3.23. The van der Waals surface area contributed by atoms with Gasteiger partial charge in [0.25, 0.3) is 0 Å². The van der Waals surface area contributed by atoms with E-state index in [-0.39, 0.29) is 55.5 Å². The molecule has 0 N–H and O–H groups in total. The molecule has 0 aromatic carbocycles. The van der Waals surface area contributed by atoms with E-state index in [2.05, 4.69) is 44.2 Å². The maximum absolute atomic E-state index is 12.6. The summed E-state index contributed by atoms with van der Waals surface area (Å²) in [7, 11) is 5.35. The molecule has 260 valence electrons. The average Bonchev–Trinajstić information content (AvgIpc) is 3.00. The molecular formula is C38H61NO7. The van der Waals surface area contributed by atoms with Gasteiger partial charge in [0.05, 0.1) is 40.3 Å². The highest BCUT2D eigenvalue weighted by molar-refractivity contribution is 5.70. The Morgan fingerprint density at radius 1 is 0.674 bits per heavy atom. The lowest BCUT2D eigenvalue weighted by atomic mass is 10.1. The molecule has 8 nitrogen and oxygen atoms in total. The highest BCUT2D eigenvalue weighted by Gasteiger charge is 2.25. The summed E-state index contributed by atoms with van der Waals surface area (Å²) in [6.45, 7) is 4.23. The van der Waals surface area contributed by atoms with E-state index >= 15 is 0 Å². The van der Waals surface area contributed by atoms with E-state index in [1.54, 1.807) is 21.1 Å². The molecule has 0 saturated carbocycles. The van der Waals surface area contributed by atoms with E-state index in [0.717, 1.165) is 57.8 Å². The number of quaternary nitrogens is 1. The van der Waals surface area contributed by atoms with E-state index in [1.807, 2.05) is 42.5 Å². The van der Waals surface area contributed by atoms with Crippen molar-refractivity contribution in [3.8, 4) is 0 Å². The fraction of sp³-hybridized carbons (Fsp3) is 0.605. The maximum atomic E-state index is 12.6. The quantitative estimate of drug-likeness (QED) is 0.0306. The number of ether oxygens (including phenoxy) is 3. The van der Waals surface area contributed by atoms with Gasteiger partial charge in [-0.1, -0.05) is 106 Å². The van der Waals surface area contributed by atoms with Crippen LogP contribution in [-0.4, -0.2) is 75.5 Å². The van der Waals surface area contributed by atoms with E-state index in [0.29, 0.717) is 6.42 Å². The molecule has 0 rings (SSSR count). The van der Waals surface area contributed by atoms with Crippen molar-refractivity contribution in [2.45, 2.75) is 109 Å². The third kappa shape index (κ3) is 27.1. The van der Waals surface area contributed by atoms with Crippen LogP contribution < -0.4 is 5.11 Å². The van der Waals surface area contributed by atoms with Crippen molar-refractivity contribution >= 4 is 17.9 Å². The lowest BCUT2D eigenvalue weighted by Crippen LogP contribution is -2.55. The number of esters is 2. The zero-order valence-electron chi connectivity index (χ0n) is 29.2. The largest absolute Gasteiger partial charge is 0.544 e. The molecule has 0 aromatic rings. The second kappa shape index (κ2) is 29.2. The van der Waals surface area contributed by atoms with Crippen LogP contribution in [0.1, 0.15) is 97.3 Å². The maximum Gasteiger partial charge on any atom is 0.306 e. The van der Waals surface area contributed by atoms with Crippen LogP contribution in [0.3, 0.4) is 0 Å². The van der Waals surface area contributed by atoms with Crippen LogP contribution in [0.2, 0.25) is 0 Å². The number of allylic oxidation sites excluding steroid dienone is 12. The molecule has 0 bridgehead atoms. The predicted octanol–water partition coefficient (Wildman–Crippen LogP) is 6.73. The van der Waals surface area contributed by atoms with Crippen molar-refractivity contribution < 1.29 is 38.2 Å². The molecule has 0 aliphatic rings. The monoisotopic (exact) mass is 643 g/mol. The summed E-state index contributed by atoms with van der Waals surface area (Å²) in [4.78, 5) is 36.4. The Kier molecular flexibility index (Phi) is 27.1. The van der Waals surface area contributed by atoms with E-state index in [1.165, 1.54) is 0 Å². The number of nitrogens with zero attached hydrogens (tertiary/aromatic N) is 1. The van der Waals surface area contributed by atoms with Crippen molar-refractivity contribution in [1.29, 1.82) is 0 Å². The van der Waals surface area contributed by atoms with Gasteiger partial charge in [0.15, 0.2) is 6.10 Å². The third-order valence-electron chi connectivity index (χ3n) is 6.95. The molecular weight excluding hydrogens is 582 g/mol.